The van der Waals surface area contributed by atoms with E-state index in [2.05, 4.69) is 10.2 Å². The molecule has 0 saturated carbocycles. The molecular weight excluding hydrogens is 214 g/mol. The molecule has 0 aromatic heterocycles. The standard InChI is InChI=1S/C9H21N3O2S/c1-3-15(13,14)11(2)8-9-12-6-4-10-5-7-12/h10H,3-9H2,1-2H3. The average molecular weight is 235 g/mol. The molecular formula is C9H21N3O2S. The number of nitrogens with zero attached hydrogens (tertiary/aromatic N) is 2. The Morgan fingerprint density at radius 2 is 1.93 bits per heavy atom. The Hall–Kier alpha value is -0.170. The van der Waals surface area contributed by atoms with Crippen LogP contribution in [0.3, 0.4) is 0 Å². The predicted molar refractivity (Wildman–Crippen MR) is 61.4 cm³/mol. The number of nitrogens with one attached hydrogen (secondary N) is 1. The Labute approximate surface area is 92.5 Å². The highest BCUT2D eigenvalue weighted by atomic mass is 32.2. The summed E-state index contributed by atoms with van der Waals surface area (Å²) < 4.78 is 24.4. The zero-order chi connectivity index (χ0) is 11.3. The van der Waals surface area contributed by atoms with Crippen LogP contribution in [0.4, 0.5) is 0 Å². The predicted octanol–water partition coefficient (Wildman–Crippen LogP) is -0.827. The van der Waals surface area contributed by atoms with E-state index in [1.165, 1.54) is 4.31 Å². The van der Waals surface area contributed by atoms with E-state index in [1.807, 2.05) is 0 Å². The molecule has 1 N–H and O–H groups in total. The summed E-state index contributed by atoms with van der Waals surface area (Å²) in [6.07, 6.45) is 0. The molecule has 0 bridgehead atoms. The first kappa shape index (κ1) is 12.9. The second kappa shape index (κ2) is 5.79. The van der Waals surface area contributed by atoms with E-state index in [4.69, 9.17) is 0 Å². The van der Waals surface area contributed by atoms with Crippen LogP contribution in [-0.2, 0) is 10.0 Å². The van der Waals surface area contributed by atoms with Gasteiger partial charge in [-0.3, -0.25) is 4.90 Å². The highest BCUT2D eigenvalue weighted by molar-refractivity contribution is 7.89. The lowest BCUT2D eigenvalue weighted by Crippen LogP contribution is -2.46. The summed E-state index contributed by atoms with van der Waals surface area (Å²) in [6.45, 7) is 7.14. The Morgan fingerprint density at radius 1 is 1.33 bits per heavy atom. The van der Waals surface area contributed by atoms with Crippen LogP contribution in [0.15, 0.2) is 0 Å². The minimum atomic E-state index is -3.01. The molecule has 1 rings (SSSR count). The van der Waals surface area contributed by atoms with Crippen molar-refractivity contribution in [1.82, 2.24) is 14.5 Å². The van der Waals surface area contributed by atoms with Gasteiger partial charge in [0.15, 0.2) is 0 Å². The molecule has 0 atom stereocenters. The van der Waals surface area contributed by atoms with Gasteiger partial charge in [0.05, 0.1) is 5.75 Å². The first-order valence-corrected chi connectivity index (χ1v) is 7.04. The smallest absolute Gasteiger partial charge is 0.213 e. The van der Waals surface area contributed by atoms with Crippen LogP contribution in [0.2, 0.25) is 0 Å². The minimum Gasteiger partial charge on any atom is -0.314 e. The summed E-state index contributed by atoms with van der Waals surface area (Å²) in [7, 11) is -1.35. The van der Waals surface area contributed by atoms with Crippen LogP contribution >= 0.6 is 0 Å². The van der Waals surface area contributed by atoms with Crippen molar-refractivity contribution in [2.45, 2.75) is 6.92 Å². The molecule has 1 aliphatic rings. The SMILES string of the molecule is CCS(=O)(=O)N(C)CCN1CCNCC1. The van der Waals surface area contributed by atoms with Gasteiger partial charge in [-0.25, -0.2) is 12.7 Å². The van der Waals surface area contributed by atoms with Crippen molar-refractivity contribution in [3.63, 3.8) is 0 Å². The van der Waals surface area contributed by atoms with Gasteiger partial charge in [-0.05, 0) is 6.92 Å². The number of rotatable bonds is 5. The quantitative estimate of drug-likeness (QED) is 0.676. The highest BCUT2D eigenvalue weighted by Gasteiger charge is 2.16. The van der Waals surface area contributed by atoms with Crippen LogP contribution in [0.25, 0.3) is 0 Å². The molecule has 0 spiro atoms. The zero-order valence-electron chi connectivity index (χ0n) is 9.57. The first-order chi connectivity index (χ1) is 7.06. The third-order valence-electron chi connectivity index (χ3n) is 2.78. The van der Waals surface area contributed by atoms with Crippen molar-refractivity contribution in [2.75, 3.05) is 52.1 Å². The molecule has 6 heteroatoms. The zero-order valence-corrected chi connectivity index (χ0v) is 10.4. The van der Waals surface area contributed by atoms with E-state index in [9.17, 15) is 8.42 Å². The summed E-state index contributed by atoms with van der Waals surface area (Å²) in [6, 6.07) is 0. The molecule has 0 aromatic carbocycles. The Kier molecular flexibility index (Phi) is 4.98. The molecule has 0 radical (unpaired) electrons. The second-order valence-electron chi connectivity index (χ2n) is 3.81. The van der Waals surface area contributed by atoms with Crippen molar-refractivity contribution >= 4 is 10.0 Å². The third kappa shape index (κ3) is 4.06. The fourth-order valence-corrected chi connectivity index (χ4v) is 2.38. The van der Waals surface area contributed by atoms with Crippen molar-refractivity contribution in [3.05, 3.63) is 0 Å². The molecule has 90 valence electrons. The number of hydrogen-bond acceptors (Lipinski definition) is 4. The van der Waals surface area contributed by atoms with Crippen molar-refractivity contribution in [3.8, 4) is 0 Å². The average Bonchev–Trinajstić information content (AvgIpc) is 2.27. The maximum atomic E-state index is 11.5. The van der Waals surface area contributed by atoms with Gasteiger partial charge in [0, 0.05) is 46.3 Å². The number of hydrogen-bond donors (Lipinski definition) is 1. The molecule has 1 saturated heterocycles. The van der Waals surface area contributed by atoms with Crippen molar-refractivity contribution < 1.29 is 8.42 Å². The van der Waals surface area contributed by atoms with E-state index >= 15 is 0 Å². The molecule has 0 aliphatic carbocycles. The lowest BCUT2D eigenvalue weighted by atomic mass is 10.3. The number of likely N-dealkylation sites (N-methyl/N-ethyl adjacent to an activating group) is 1. The molecule has 5 nitrogen and oxygen atoms in total. The van der Waals surface area contributed by atoms with Crippen LogP contribution < -0.4 is 5.32 Å². The van der Waals surface area contributed by atoms with Crippen molar-refractivity contribution in [1.29, 1.82) is 0 Å². The molecule has 1 aliphatic heterocycles. The summed E-state index contributed by atoms with van der Waals surface area (Å²) in [4.78, 5) is 2.29. The van der Waals surface area contributed by atoms with Gasteiger partial charge in [-0.1, -0.05) is 0 Å². The van der Waals surface area contributed by atoms with E-state index in [-0.39, 0.29) is 5.75 Å². The normalized spacial score (nSPS) is 19.7. The third-order valence-corrected chi connectivity index (χ3v) is 4.64. The van der Waals surface area contributed by atoms with Crippen LogP contribution in [-0.4, -0.2) is 69.7 Å². The van der Waals surface area contributed by atoms with E-state index in [0.29, 0.717) is 6.54 Å². The maximum Gasteiger partial charge on any atom is 0.213 e. The number of sulfonamides is 1. The van der Waals surface area contributed by atoms with Gasteiger partial charge in [-0.15, -0.1) is 0 Å². The van der Waals surface area contributed by atoms with Crippen LogP contribution in [0.1, 0.15) is 6.92 Å². The lowest BCUT2D eigenvalue weighted by Gasteiger charge is -2.28. The minimum absolute atomic E-state index is 0.186. The fourth-order valence-electron chi connectivity index (χ4n) is 1.58. The van der Waals surface area contributed by atoms with Crippen LogP contribution in [0.5, 0.6) is 0 Å². The Bertz CT molecular complexity index is 273. The second-order valence-corrected chi connectivity index (χ2v) is 6.18. The molecule has 1 fully saturated rings. The molecule has 0 unspecified atom stereocenters. The molecule has 0 amide bonds. The topological polar surface area (TPSA) is 52.7 Å². The van der Waals surface area contributed by atoms with Crippen LogP contribution in [0, 0.1) is 0 Å². The van der Waals surface area contributed by atoms with Gasteiger partial charge in [0.25, 0.3) is 0 Å². The Morgan fingerprint density at radius 3 is 2.47 bits per heavy atom. The molecule has 15 heavy (non-hydrogen) atoms. The van der Waals surface area contributed by atoms with E-state index < -0.39 is 10.0 Å². The van der Waals surface area contributed by atoms with E-state index in [0.717, 1.165) is 32.7 Å². The maximum absolute atomic E-state index is 11.5. The van der Waals surface area contributed by atoms with Gasteiger partial charge in [-0.2, -0.15) is 0 Å². The monoisotopic (exact) mass is 235 g/mol. The van der Waals surface area contributed by atoms with Gasteiger partial charge in [0.1, 0.15) is 0 Å². The number of piperazine rings is 1. The fraction of sp³-hybridized carbons (Fsp3) is 1.00. The van der Waals surface area contributed by atoms with Gasteiger partial charge >= 0.3 is 0 Å². The van der Waals surface area contributed by atoms with Gasteiger partial charge < -0.3 is 5.32 Å². The summed E-state index contributed by atoms with van der Waals surface area (Å²) >= 11 is 0. The Balaban J connectivity index is 2.30. The summed E-state index contributed by atoms with van der Waals surface area (Å²) in [5.74, 6) is 0.186. The van der Waals surface area contributed by atoms with E-state index in [1.54, 1.807) is 14.0 Å². The lowest BCUT2D eigenvalue weighted by molar-refractivity contribution is 0.229. The largest absolute Gasteiger partial charge is 0.314 e. The highest BCUT2D eigenvalue weighted by Crippen LogP contribution is 1.99. The molecule has 1 heterocycles. The first-order valence-electron chi connectivity index (χ1n) is 5.43. The summed E-state index contributed by atoms with van der Waals surface area (Å²) in [5, 5.41) is 3.27. The summed E-state index contributed by atoms with van der Waals surface area (Å²) in [5.41, 5.74) is 0. The van der Waals surface area contributed by atoms with Gasteiger partial charge in [0.2, 0.25) is 10.0 Å². The molecule has 0 aromatic rings. The van der Waals surface area contributed by atoms with Crippen molar-refractivity contribution in [2.24, 2.45) is 0 Å².